The van der Waals surface area contributed by atoms with Crippen LogP contribution < -0.4 is 14.4 Å². The molecule has 0 saturated carbocycles. The number of aromatic nitrogens is 1. The lowest BCUT2D eigenvalue weighted by molar-refractivity contribution is 0.0697. The molecule has 156 valence electrons. The Labute approximate surface area is 171 Å². The fraction of sp³-hybridized carbons (Fsp3) is 0.455. The number of ether oxygens (including phenoxy) is 2. The molecule has 1 aromatic carbocycles. The lowest BCUT2D eigenvalue weighted by Crippen LogP contribution is -2.47. The van der Waals surface area contributed by atoms with Crippen molar-refractivity contribution < 1.29 is 19.4 Å². The molecule has 7 heteroatoms. The Kier molecular flexibility index (Phi) is 6.93. The van der Waals surface area contributed by atoms with Crippen molar-refractivity contribution >= 4 is 11.8 Å². The highest BCUT2D eigenvalue weighted by Gasteiger charge is 2.26. The summed E-state index contributed by atoms with van der Waals surface area (Å²) in [7, 11) is 5.41. The first-order valence-corrected chi connectivity index (χ1v) is 9.88. The average Bonchev–Trinajstić information content (AvgIpc) is 2.77. The van der Waals surface area contributed by atoms with Crippen molar-refractivity contribution in [2.75, 3.05) is 45.8 Å². The van der Waals surface area contributed by atoms with E-state index in [4.69, 9.17) is 9.47 Å². The van der Waals surface area contributed by atoms with Crippen LogP contribution in [0.5, 0.6) is 11.5 Å². The number of benzene rings is 1. The van der Waals surface area contributed by atoms with Gasteiger partial charge >= 0.3 is 5.97 Å². The summed E-state index contributed by atoms with van der Waals surface area (Å²) >= 11 is 0. The molecule has 1 atom stereocenters. The van der Waals surface area contributed by atoms with E-state index in [1.54, 1.807) is 32.5 Å². The van der Waals surface area contributed by atoms with E-state index in [-0.39, 0.29) is 5.56 Å². The number of piperidine rings is 1. The van der Waals surface area contributed by atoms with Crippen LogP contribution in [0.25, 0.3) is 0 Å². The quantitative estimate of drug-likeness (QED) is 0.731. The highest BCUT2D eigenvalue weighted by atomic mass is 16.5. The van der Waals surface area contributed by atoms with E-state index < -0.39 is 5.97 Å². The molecule has 1 saturated heterocycles. The molecule has 2 aromatic rings. The summed E-state index contributed by atoms with van der Waals surface area (Å²) in [6.45, 7) is 2.51. The van der Waals surface area contributed by atoms with Crippen LogP contribution in [0.3, 0.4) is 0 Å². The first kappa shape index (κ1) is 20.9. The molecule has 0 unspecified atom stereocenters. The Hall–Kier alpha value is -2.80. The standard InChI is InChI=1S/C22H29N3O4/c1-24(13-10-16-8-9-19(28-2)20(14-16)29-3)17-6-5-12-25(15-17)21-18(22(26)27)7-4-11-23-21/h4,7-9,11,14,17H,5-6,10,12-13,15H2,1-3H3,(H,26,27)/t17-/m1/s1. The van der Waals surface area contributed by atoms with Gasteiger partial charge in [-0.05, 0) is 56.1 Å². The molecule has 0 bridgehead atoms. The molecule has 0 aliphatic carbocycles. The number of nitrogens with zero attached hydrogens (tertiary/aromatic N) is 3. The first-order chi connectivity index (χ1) is 14.0. The predicted octanol–water partition coefficient (Wildman–Crippen LogP) is 2.94. The molecular weight excluding hydrogens is 370 g/mol. The smallest absolute Gasteiger partial charge is 0.339 e. The Morgan fingerprint density at radius 2 is 2.07 bits per heavy atom. The number of hydrogen-bond acceptors (Lipinski definition) is 6. The Morgan fingerprint density at radius 1 is 1.28 bits per heavy atom. The summed E-state index contributed by atoms with van der Waals surface area (Å²) in [5.74, 6) is 1.11. The van der Waals surface area contributed by atoms with Crippen molar-refractivity contribution in [3.63, 3.8) is 0 Å². The fourth-order valence-corrected chi connectivity index (χ4v) is 3.85. The molecule has 1 aliphatic heterocycles. The van der Waals surface area contributed by atoms with E-state index in [9.17, 15) is 9.90 Å². The summed E-state index contributed by atoms with van der Waals surface area (Å²) in [4.78, 5) is 20.3. The fourth-order valence-electron chi connectivity index (χ4n) is 3.85. The molecule has 1 aromatic heterocycles. The van der Waals surface area contributed by atoms with Crippen LogP contribution in [-0.2, 0) is 6.42 Å². The van der Waals surface area contributed by atoms with E-state index in [0.717, 1.165) is 50.4 Å². The number of likely N-dealkylation sites (N-methyl/N-ethyl adjacent to an activating group) is 1. The van der Waals surface area contributed by atoms with Gasteiger partial charge in [0.25, 0.3) is 0 Å². The molecule has 7 nitrogen and oxygen atoms in total. The number of carboxylic acids is 1. The lowest BCUT2D eigenvalue weighted by Gasteiger charge is -2.38. The number of anilines is 1. The van der Waals surface area contributed by atoms with Gasteiger partial charge in [-0.2, -0.15) is 0 Å². The Balaban J connectivity index is 1.63. The third-order valence-electron chi connectivity index (χ3n) is 5.54. The molecule has 0 spiro atoms. The summed E-state index contributed by atoms with van der Waals surface area (Å²) in [6, 6.07) is 9.67. The van der Waals surface area contributed by atoms with Crippen molar-refractivity contribution in [1.82, 2.24) is 9.88 Å². The van der Waals surface area contributed by atoms with Crippen LogP contribution >= 0.6 is 0 Å². The molecule has 0 amide bonds. The molecule has 0 radical (unpaired) electrons. The molecule has 1 N–H and O–H groups in total. The Morgan fingerprint density at radius 3 is 2.79 bits per heavy atom. The van der Waals surface area contributed by atoms with Gasteiger partial charge in [-0.15, -0.1) is 0 Å². The second-order valence-corrected chi connectivity index (χ2v) is 7.34. The van der Waals surface area contributed by atoms with Gasteiger partial charge in [0.05, 0.1) is 14.2 Å². The molecule has 3 rings (SSSR count). The third-order valence-corrected chi connectivity index (χ3v) is 5.54. The van der Waals surface area contributed by atoms with Gasteiger partial charge in [0.2, 0.25) is 0 Å². The highest BCUT2D eigenvalue weighted by Crippen LogP contribution is 2.28. The summed E-state index contributed by atoms with van der Waals surface area (Å²) in [6.07, 6.45) is 4.67. The van der Waals surface area contributed by atoms with Crippen LogP contribution in [0.1, 0.15) is 28.8 Å². The number of carboxylic acid groups (broad SMARTS) is 1. The SMILES string of the molecule is COc1ccc(CCN(C)[C@@H]2CCCN(c3ncccc3C(=O)O)C2)cc1OC. The molecular formula is C22H29N3O4. The van der Waals surface area contributed by atoms with E-state index in [1.807, 2.05) is 12.1 Å². The average molecular weight is 399 g/mol. The van der Waals surface area contributed by atoms with Crippen LogP contribution in [-0.4, -0.2) is 67.9 Å². The van der Waals surface area contributed by atoms with E-state index in [0.29, 0.717) is 11.9 Å². The van der Waals surface area contributed by atoms with Crippen molar-refractivity contribution in [3.8, 4) is 11.5 Å². The first-order valence-electron chi connectivity index (χ1n) is 9.88. The lowest BCUT2D eigenvalue weighted by atomic mass is 10.0. The number of carbonyl (C=O) groups is 1. The highest BCUT2D eigenvalue weighted by molar-refractivity contribution is 5.93. The number of aromatic carboxylic acids is 1. The minimum Gasteiger partial charge on any atom is -0.493 e. The van der Waals surface area contributed by atoms with E-state index in [2.05, 4.69) is 27.9 Å². The van der Waals surface area contributed by atoms with Crippen molar-refractivity contribution in [2.45, 2.75) is 25.3 Å². The van der Waals surface area contributed by atoms with Crippen LogP contribution in [0.2, 0.25) is 0 Å². The largest absolute Gasteiger partial charge is 0.493 e. The Bertz CT molecular complexity index is 843. The zero-order valence-electron chi connectivity index (χ0n) is 17.3. The summed E-state index contributed by atoms with van der Waals surface area (Å²) in [5.41, 5.74) is 1.46. The maximum Gasteiger partial charge on any atom is 0.339 e. The minimum absolute atomic E-state index is 0.265. The third kappa shape index (κ3) is 4.98. The van der Waals surface area contributed by atoms with Gasteiger partial charge in [-0.25, -0.2) is 9.78 Å². The molecule has 29 heavy (non-hydrogen) atoms. The van der Waals surface area contributed by atoms with E-state index >= 15 is 0 Å². The van der Waals surface area contributed by atoms with E-state index in [1.165, 1.54) is 5.56 Å². The zero-order valence-corrected chi connectivity index (χ0v) is 17.3. The number of hydrogen-bond donors (Lipinski definition) is 1. The molecule has 1 fully saturated rings. The van der Waals surface area contributed by atoms with Gasteiger partial charge in [0.1, 0.15) is 11.4 Å². The summed E-state index contributed by atoms with van der Waals surface area (Å²) < 4.78 is 10.7. The van der Waals surface area contributed by atoms with Crippen molar-refractivity contribution in [3.05, 3.63) is 47.7 Å². The molecule has 1 aliphatic rings. The van der Waals surface area contributed by atoms with Crippen LogP contribution in [0.15, 0.2) is 36.5 Å². The second kappa shape index (κ2) is 9.60. The normalized spacial score (nSPS) is 16.7. The van der Waals surface area contributed by atoms with Crippen LogP contribution in [0, 0.1) is 0 Å². The molecule has 2 heterocycles. The predicted molar refractivity (Wildman–Crippen MR) is 112 cm³/mol. The van der Waals surface area contributed by atoms with Crippen molar-refractivity contribution in [2.24, 2.45) is 0 Å². The maximum absolute atomic E-state index is 11.5. The second-order valence-electron chi connectivity index (χ2n) is 7.34. The van der Waals surface area contributed by atoms with Gasteiger partial charge < -0.3 is 24.4 Å². The van der Waals surface area contributed by atoms with Gasteiger partial charge in [0, 0.05) is 31.9 Å². The van der Waals surface area contributed by atoms with Gasteiger partial charge in [0.15, 0.2) is 11.5 Å². The van der Waals surface area contributed by atoms with Crippen LogP contribution in [0.4, 0.5) is 5.82 Å². The number of rotatable bonds is 8. The monoisotopic (exact) mass is 399 g/mol. The number of pyridine rings is 1. The summed E-state index contributed by atoms with van der Waals surface area (Å²) in [5, 5.41) is 9.47. The van der Waals surface area contributed by atoms with Gasteiger partial charge in [-0.1, -0.05) is 6.07 Å². The zero-order chi connectivity index (χ0) is 20.8. The number of methoxy groups -OCH3 is 2. The van der Waals surface area contributed by atoms with Gasteiger partial charge in [-0.3, -0.25) is 0 Å². The topological polar surface area (TPSA) is 75.1 Å². The minimum atomic E-state index is -0.933. The van der Waals surface area contributed by atoms with Crippen molar-refractivity contribution in [1.29, 1.82) is 0 Å². The maximum atomic E-state index is 11.5.